The van der Waals surface area contributed by atoms with E-state index in [2.05, 4.69) is 19.9 Å². The minimum atomic E-state index is 0.0339. The van der Waals surface area contributed by atoms with Crippen molar-refractivity contribution in [1.82, 2.24) is 0 Å². The molecule has 1 nitrogen and oxygen atoms in total. The number of nitriles is 1. The van der Waals surface area contributed by atoms with Crippen LogP contribution in [-0.2, 0) is 0 Å². The van der Waals surface area contributed by atoms with Gasteiger partial charge < -0.3 is 0 Å². The number of nitrogens with zero attached hydrogens (tertiary/aromatic N) is 1. The van der Waals surface area contributed by atoms with Crippen LogP contribution in [-0.4, -0.2) is 0 Å². The Hall–Kier alpha value is -0.510. The maximum atomic E-state index is 9.99. The molecule has 2 aliphatic rings. The number of hydrogen-bond acceptors (Lipinski definition) is 1. The molecule has 0 spiro atoms. The number of hydrogen-bond donors (Lipinski definition) is 0. The van der Waals surface area contributed by atoms with E-state index < -0.39 is 0 Å². The molecule has 2 aliphatic carbocycles. The Balaban J connectivity index is 1.72. The quantitative estimate of drug-likeness (QED) is 0.313. The van der Waals surface area contributed by atoms with Gasteiger partial charge in [0.1, 0.15) is 0 Å². The van der Waals surface area contributed by atoms with Crippen LogP contribution in [0.4, 0.5) is 0 Å². The molecule has 0 radical (unpaired) electrons. The van der Waals surface area contributed by atoms with E-state index in [9.17, 15) is 5.26 Å². The van der Waals surface area contributed by atoms with Crippen molar-refractivity contribution in [2.24, 2.45) is 23.2 Å². The molecular formula is C26H47N. The summed E-state index contributed by atoms with van der Waals surface area (Å²) in [5.41, 5.74) is 0.0339. The summed E-state index contributed by atoms with van der Waals surface area (Å²) in [6.45, 7) is 4.59. The van der Waals surface area contributed by atoms with Crippen LogP contribution in [0.15, 0.2) is 0 Å². The van der Waals surface area contributed by atoms with Crippen molar-refractivity contribution in [3.05, 3.63) is 0 Å². The van der Waals surface area contributed by atoms with Crippen LogP contribution >= 0.6 is 0 Å². The zero-order valence-electron chi connectivity index (χ0n) is 18.6. The first kappa shape index (κ1) is 22.8. The lowest BCUT2D eigenvalue weighted by molar-refractivity contribution is 0.102. The van der Waals surface area contributed by atoms with Crippen molar-refractivity contribution in [1.29, 1.82) is 5.26 Å². The van der Waals surface area contributed by atoms with Gasteiger partial charge >= 0.3 is 0 Å². The van der Waals surface area contributed by atoms with E-state index in [0.29, 0.717) is 0 Å². The van der Waals surface area contributed by atoms with E-state index in [4.69, 9.17) is 0 Å². The second kappa shape index (κ2) is 12.9. The van der Waals surface area contributed by atoms with Gasteiger partial charge in [0.2, 0.25) is 0 Å². The molecular weight excluding hydrogens is 326 g/mol. The third kappa shape index (κ3) is 7.79. The van der Waals surface area contributed by atoms with Gasteiger partial charge in [0.05, 0.1) is 11.5 Å². The second-order valence-corrected chi connectivity index (χ2v) is 10.0. The van der Waals surface area contributed by atoms with Gasteiger partial charge in [-0.15, -0.1) is 0 Å². The number of unbranched alkanes of at least 4 members (excludes halogenated alkanes) is 7. The smallest absolute Gasteiger partial charge is 0.0689 e. The monoisotopic (exact) mass is 373 g/mol. The predicted octanol–water partition coefficient (Wildman–Crippen LogP) is 8.82. The van der Waals surface area contributed by atoms with Crippen molar-refractivity contribution < 1.29 is 0 Å². The van der Waals surface area contributed by atoms with Crippen molar-refractivity contribution in [3.8, 4) is 6.07 Å². The summed E-state index contributed by atoms with van der Waals surface area (Å²) in [6.07, 6.45) is 26.0. The largest absolute Gasteiger partial charge is 0.198 e. The molecule has 0 saturated heterocycles. The summed E-state index contributed by atoms with van der Waals surface area (Å²) in [4.78, 5) is 0. The van der Waals surface area contributed by atoms with Gasteiger partial charge in [-0.1, -0.05) is 104 Å². The van der Waals surface area contributed by atoms with Crippen LogP contribution in [0.3, 0.4) is 0 Å². The van der Waals surface area contributed by atoms with E-state index >= 15 is 0 Å². The fraction of sp³-hybridized carbons (Fsp3) is 0.962. The molecule has 156 valence electrons. The average Bonchev–Trinajstić information content (AvgIpc) is 2.72. The minimum absolute atomic E-state index is 0.0339. The first-order chi connectivity index (χ1) is 13.2. The lowest BCUT2D eigenvalue weighted by Crippen LogP contribution is -2.32. The second-order valence-electron chi connectivity index (χ2n) is 10.0. The summed E-state index contributed by atoms with van der Waals surface area (Å²) in [5, 5.41) is 9.99. The van der Waals surface area contributed by atoms with Gasteiger partial charge in [-0.05, 0) is 49.9 Å². The molecule has 2 saturated carbocycles. The molecule has 2 atom stereocenters. The van der Waals surface area contributed by atoms with Crippen molar-refractivity contribution >= 4 is 0 Å². The van der Waals surface area contributed by atoms with E-state index in [-0.39, 0.29) is 5.41 Å². The molecule has 0 amide bonds. The molecule has 0 bridgehead atoms. The van der Waals surface area contributed by atoms with Crippen LogP contribution in [0.25, 0.3) is 0 Å². The molecule has 0 aromatic carbocycles. The minimum Gasteiger partial charge on any atom is -0.198 e. The molecule has 1 heteroatoms. The summed E-state index contributed by atoms with van der Waals surface area (Å²) in [6, 6.07) is 2.83. The molecule has 2 fully saturated rings. The third-order valence-corrected chi connectivity index (χ3v) is 7.90. The molecule has 0 heterocycles. The van der Waals surface area contributed by atoms with Crippen LogP contribution in [0.5, 0.6) is 0 Å². The van der Waals surface area contributed by atoms with E-state index in [1.807, 2.05) is 0 Å². The van der Waals surface area contributed by atoms with Crippen LogP contribution in [0.2, 0.25) is 0 Å². The summed E-state index contributed by atoms with van der Waals surface area (Å²) in [7, 11) is 0. The Bertz CT molecular complexity index is 414. The highest BCUT2D eigenvalue weighted by molar-refractivity contribution is 5.03. The maximum Gasteiger partial charge on any atom is 0.0689 e. The SMILES string of the molecule is CCCCCCCC1(C#N)CCCC(C2CCC(CCCCCC)CC2)C1. The third-order valence-electron chi connectivity index (χ3n) is 7.90. The standard InChI is InChI=1S/C26H47N/c1-3-5-7-9-11-19-26(22-27)20-12-14-25(21-26)24-17-15-23(16-18-24)13-10-8-6-4-2/h23-25H,3-21H2,1-2H3. The average molecular weight is 374 g/mol. The topological polar surface area (TPSA) is 23.8 Å². The molecule has 27 heavy (non-hydrogen) atoms. The van der Waals surface area contributed by atoms with Crippen molar-refractivity contribution in [2.75, 3.05) is 0 Å². The van der Waals surface area contributed by atoms with Crippen molar-refractivity contribution in [2.45, 2.75) is 136 Å². The van der Waals surface area contributed by atoms with Crippen LogP contribution < -0.4 is 0 Å². The van der Waals surface area contributed by atoms with E-state index in [0.717, 1.165) is 17.8 Å². The Labute approximate surface area is 170 Å². The summed E-state index contributed by atoms with van der Waals surface area (Å²) in [5.74, 6) is 2.81. The Morgan fingerprint density at radius 3 is 2.11 bits per heavy atom. The van der Waals surface area contributed by atoms with Gasteiger partial charge in [0.15, 0.2) is 0 Å². The normalized spacial score (nSPS) is 31.5. The molecule has 2 rings (SSSR count). The lowest BCUT2D eigenvalue weighted by Gasteiger charge is -2.42. The van der Waals surface area contributed by atoms with Gasteiger partial charge in [-0.25, -0.2) is 0 Å². The predicted molar refractivity (Wildman–Crippen MR) is 118 cm³/mol. The lowest BCUT2D eigenvalue weighted by atomic mass is 9.62. The highest BCUT2D eigenvalue weighted by Crippen LogP contribution is 2.48. The Morgan fingerprint density at radius 1 is 0.778 bits per heavy atom. The van der Waals surface area contributed by atoms with Crippen LogP contribution in [0, 0.1) is 34.5 Å². The highest BCUT2D eigenvalue weighted by Gasteiger charge is 2.39. The highest BCUT2D eigenvalue weighted by atomic mass is 14.5. The van der Waals surface area contributed by atoms with E-state index in [1.165, 1.54) is 122 Å². The van der Waals surface area contributed by atoms with E-state index in [1.54, 1.807) is 0 Å². The van der Waals surface area contributed by atoms with Gasteiger partial charge in [0, 0.05) is 0 Å². The Morgan fingerprint density at radius 2 is 1.44 bits per heavy atom. The first-order valence-corrected chi connectivity index (χ1v) is 12.6. The molecule has 0 aliphatic heterocycles. The Kier molecular flexibility index (Phi) is 10.8. The molecule has 0 aromatic heterocycles. The van der Waals surface area contributed by atoms with Gasteiger partial charge in [-0.2, -0.15) is 5.26 Å². The van der Waals surface area contributed by atoms with Gasteiger partial charge in [0.25, 0.3) is 0 Å². The summed E-state index contributed by atoms with van der Waals surface area (Å²) >= 11 is 0. The number of rotatable bonds is 12. The fourth-order valence-electron chi connectivity index (χ4n) is 6.07. The molecule has 2 unspecified atom stereocenters. The van der Waals surface area contributed by atoms with Gasteiger partial charge in [-0.3, -0.25) is 0 Å². The van der Waals surface area contributed by atoms with Crippen molar-refractivity contribution in [3.63, 3.8) is 0 Å². The van der Waals surface area contributed by atoms with Crippen LogP contribution in [0.1, 0.15) is 136 Å². The zero-order chi connectivity index (χ0) is 19.4. The first-order valence-electron chi connectivity index (χ1n) is 12.6. The molecule has 0 aromatic rings. The zero-order valence-corrected chi connectivity index (χ0v) is 18.6. The maximum absolute atomic E-state index is 9.99. The summed E-state index contributed by atoms with van der Waals surface area (Å²) < 4.78 is 0. The fourth-order valence-corrected chi connectivity index (χ4v) is 6.07. The molecule has 0 N–H and O–H groups in total.